The van der Waals surface area contributed by atoms with Crippen LogP contribution in [-0.4, -0.2) is 30.5 Å². The van der Waals surface area contributed by atoms with Crippen LogP contribution in [0.25, 0.3) is 0 Å². The summed E-state index contributed by atoms with van der Waals surface area (Å²) in [6.07, 6.45) is 5.01. The van der Waals surface area contributed by atoms with Gasteiger partial charge in [0, 0.05) is 20.3 Å². The van der Waals surface area contributed by atoms with E-state index in [2.05, 4.69) is 21.6 Å². The van der Waals surface area contributed by atoms with Crippen molar-refractivity contribution in [3.8, 4) is 6.07 Å². The first kappa shape index (κ1) is 11.8. The summed E-state index contributed by atoms with van der Waals surface area (Å²) in [5.74, 6) is 0.582. The van der Waals surface area contributed by atoms with E-state index in [-0.39, 0.29) is 0 Å². The summed E-state index contributed by atoms with van der Waals surface area (Å²) in [4.78, 5) is 0. The topological polar surface area (TPSA) is 70.8 Å². The van der Waals surface area contributed by atoms with Gasteiger partial charge in [-0.2, -0.15) is 10.4 Å². The first-order valence-electron chi connectivity index (χ1n) is 5.74. The molecule has 0 amide bonds. The number of aromatic nitrogens is 2. The molecule has 2 rings (SSSR count). The summed E-state index contributed by atoms with van der Waals surface area (Å²) in [5.41, 5.74) is 0.878. The highest BCUT2D eigenvalue weighted by Crippen LogP contribution is 2.48. The van der Waals surface area contributed by atoms with Crippen molar-refractivity contribution in [2.24, 2.45) is 5.41 Å². The molecule has 1 aromatic rings. The van der Waals surface area contributed by atoms with Gasteiger partial charge in [0.2, 0.25) is 0 Å². The van der Waals surface area contributed by atoms with Crippen LogP contribution < -0.4 is 5.32 Å². The number of nitriles is 1. The standard InChI is InChI=1S/C12H16N4O/c1-17-7-5-12(3-4-12)9-14-11-10(8-13)2-6-15-16-11/h2,6H,3-5,7,9H2,1H3,(H,14,16). The molecule has 17 heavy (non-hydrogen) atoms. The summed E-state index contributed by atoms with van der Waals surface area (Å²) < 4.78 is 5.11. The number of ether oxygens (including phenoxy) is 1. The monoisotopic (exact) mass is 232 g/mol. The molecule has 1 N–H and O–H groups in total. The Morgan fingerprint density at radius 3 is 3.06 bits per heavy atom. The van der Waals surface area contributed by atoms with E-state index in [1.165, 1.54) is 19.0 Å². The summed E-state index contributed by atoms with van der Waals surface area (Å²) in [6, 6.07) is 3.78. The number of hydrogen-bond acceptors (Lipinski definition) is 5. The second-order valence-corrected chi connectivity index (χ2v) is 4.50. The van der Waals surface area contributed by atoms with E-state index in [0.717, 1.165) is 19.6 Å². The molecule has 1 aliphatic rings. The predicted molar refractivity (Wildman–Crippen MR) is 63.4 cm³/mol. The van der Waals surface area contributed by atoms with Gasteiger partial charge in [0.25, 0.3) is 0 Å². The van der Waals surface area contributed by atoms with Gasteiger partial charge in [-0.3, -0.25) is 0 Å². The summed E-state index contributed by atoms with van der Waals surface area (Å²) in [6.45, 7) is 1.62. The lowest BCUT2D eigenvalue weighted by molar-refractivity contribution is 0.175. The van der Waals surface area contributed by atoms with Crippen molar-refractivity contribution in [2.75, 3.05) is 25.6 Å². The van der Waals surface area contributed by atoms with E-state index in [1.807, 2.05) is 0 Å². The first-order valence-corrected chi connectivity index (χ1v) is 5.74. The van der Waals surface area contributed by atoms with Gasteiger partial charge in [-0.05, 0) is 30.7 Å². The zero-order chi connectivity index (χ0) is 12.1. The van der Waals surface area contributed by atoms with Crippen LogP contribution in [0.15, 0.2) is 12.3 Å². The van der Waals surface area contributed by atoms with E-state index in [1.54, 1.807) is 13.2 Å². The van der Waals surface area contributed by atoms with Crippen molar-refractivity contribution in [1.82, 2.24) is 10.2 Å². The fourth-order valence-corrected chi connectivity index (χ4v) is 1.83. The van der Waals surface area contributed by atoms with Crippen LogP contribution in [0.3, 0.4) is 0 Å². The largest absolute Gasteiger partial charge is 0.385 e. The number of nitrogens with zero attached hydrogens (tertiary/aromatic N) is 3. The Bertz CT molecular complexity index is 423. The van der Waals surface area contributed by atoms with Crippen LogP contribution >= 0.6 is 0 Å². The second kappa shape index (κ2) is 5.11. The maximum atomic E-state index is 8.93. The molecule has 5 nitrogen and oxygen atoms in total. The Labute approximate surface area is 101 Å². The molecule has 0 aromatic carbocycles. The molecular formula is C12H16N4O. The lowest BCUT2D eigenvalue weighted by Crippen LogP contribution is -2.18. The van der Waals surface area contributed by atoms with Crippen LogP contribution in [0.4, 0.5) is 5.82 Å². The van der Waals surface area contributed by atoms with E-state index in [9.17, 15) is 0 Å². The zero-order valence-electron chi connectivity index (χ0n) is 9.94. The Kier molecular flexibility index (Phi) is 3.55. The van der Waals surface area contributed by atoms with Crippen molar-refractivity contribution >= 4 is 5.82 Å². The molecule has 1 saturated carbocycles. The molecule has 0 aliphatic heterocycles. The van der Waals surface area contributed by atoms with E-state index < -0.39 is 0 Å². The smallest absolute Gasteiger partial charge is 0.166 e. The van der Waals surface area contributed by atoms with Crippen LogP contribution in [-0.2, 0) is 4.74 Å². The zero-order valence-corrected chi connectivity index (χ0v) is 9.94. The van der Waals surface area contributed by atoms with Crippen LogP contribution in [0.5, 0.6) is 0 Å². The highest BCUT2D eigenvalue weighted by Gasteiger charge is 2.41. The SMILES string of the molecule is COCCC1(CNc2nnccc2C#N)CC1. The molecule has 0 radical (unpaired) electrons. The van der Waals surface area contributed by atoms with Crippen LogP contribution in [0, 0.1) is 16.7 Å². The molecule has 0 atom stereocenters. The van der Waals surface area contributed by atoms with E-state index >= 15 is 0 Å². The second-order valence-electron chi connectivity index (χ2n) is 4.50. The number of rotatable bonds is 6. The molecule has 5 heteroatoms. The third kappa shape index (κ3) is 2.92. The predicted octanol–water partition coefficient (Wildman–Crippen LogP) is 1.58. The average Bonchev–Trinajstić information content (AvgIpc) is 3.15. The molecular weight excluding hydrogens is 216 g/mol. The quantitative estimate of drug-likeness (QED) is 0.806. The number of nitrogens with one attached hydrogen (secondary N) is 1. The van der Waals surface area contributed by atoms with Crippen molar-refractivity contribution in [3.63, 3.8) is 0 Å². The van der Waals surface area contributed by atoms with Gasteiger partial charge in [-0.1, -0.05) is 0 Å². The van der Waals surface area contributed by atoms with Gasteiger partial charge in [0.15, 0.2) is 5.82 Å². The number of hydrogen-bond donors (Lipinski definition) is 1. The van der Waals surface area contributed by atoms with Crippen molar-refractivity contribution in [3.05, 3.63) is 17.8 Å². The molecule has 0 saturated heterocycles. The van der Waals surface area contributed by atoms with Crippen molar-refractivity contribution < 1.29 is 4.74 Å². The van der Waals surface area contributed by atoms with E-state index in [0.29, 0.717) is 16.8 Å². The van der Waals surface area contributed by atoms with Crippen molar-refractivity contribution in [2.45, 2.75) is 19.3 Å². The third-order valence-electron chi connectivity index (χ3n) is 3.27. The number of anilines is 1. The minimum absolute atomic E-state index is 0.334. The van der Waals surface area contributed by atoms with Crippen LogP contribution in [0.1, 0.15) is 24.8 Å². The Morgan fingerprint density at radius 2 is 2.41 bits per heavy atom. The molecule has 1 heterocycles. The molecule has 1 aliphatic carbocycles. The minimum atomic E-state index is 0.334. The van der Waals surface area contributed by atoms with E-state index in [4.69, 9.17) is 10.00 Å². The molecule has 90 valence electrons. The third-order valence-corrected chi connectivity index (χ3v) is 3.27. The molecule has 0 bridgehead atoms. The highest BCUT2D eigenvalue weighted by atomic mass is 16.5. The Balaban J connectivity index is 1.92. The van der Waals surface area contributed by atoms with Gasteiger partial charge >= 0.3 is 0 Å². The maximum absolute atomic E-state index is 8.93. The fourth-order valence-electron chi connectivity index (χ4n) is 1.83. The van der Waals surface area contributed by atoms with Gasteiger partial charge in [0.1, 0.15) is 6.07 Å². The Hall–Kier alpha value is -1.67. The van der Waals surface area contributed by atoms with Gasteiger partial charge in [0.05, 0.1) is 11.8 Å². The summed E-state index contributed by atoms with van der Waals surface area (Å²) >= 11 is 0. The van der Waals surface area contributed by atoms with Gasteiger partial charge in [-0.25, -0.2) is 0 Å². The first-order chi connectivity index (χ1) is 8.29. The molecule has 1 fully saturated rings. The summed E-state index contributed by atoms with van der Waals surface area (Å²) in [7, 11) is 1.72. The highest BCUT2D eigenvalue weighted by molar-refractivity contribution is 5.50. The molecule has 1 aromatic heterocycles. The molecule has 0 spiro atoms. The van der Waals surface area contributed by atoms with Gasteiger partial charge < -0.3 is 10.1 Å². The fraction of sp³-hybridized carbons (Fsp3) is 0.583. The lowest BCUT2D eigenvalue weighted by Gasteiger charge is -2.15. The lowest BCUT2D eigenvalue weighted by atomic mass is 10.0. The van der Waals surface area contributed by atoms with Crippen LogP contribution in [0.2, 0.25) is 0 Å². The normalized spacial score (nSPS) is 16.2. The minimum Gasteiger partial charge on any atom is -0.385 e. The Morgan fingerprint density at radius 1 is 1.59 bits per heavy atom. The van der Waals surface area contributed by atoms with Crippen molar-refractivity contribution in [1.29, 1.82) is 5.26 Å². The molecule has 0 unspecified atom stereocenters. The number of methoxy groups -OCH3 is 1. The summed E-state index contributed by atoms with van der Waals surface area (Å²) in [5, 5.41) is 19.9. The average molecular weight is 232 g/mol. The van der Waals surface area contributed by atoms with Gasteiger partial charge in [-0.15, -0.1) is 5.10 Å². The maximum Gasteiger partial charge on any atom is 0.166 e.